The summed E-state index contributed by atoms with van der Waals surface area (Å²) in [6.45, 7) is 8.19. The van der Waals surface area contributed by atoms with Crippen LogP contribution >= 0.6 is 0 Å². The van der Waals surface area contributed by atoms with Crippen molar-refractivity contribution in [2.45, 2.75) is 34.3 Å². The third-order valence-electron chi connectivity index (χ3n) is 4.73. The summed E-state index contributed by atoms with van der Waals surface area (Å²) in [6, 6.07) is 11.5. The Morgan fingerprint density at radius 2 is 1.61 bits per heavy atom. The molecule has 7 heteroatoms. The second-order valence-corrected chi connectivity index (χ2v) is 6.78. The molecule has 0 amide bonds. The SMILES string of the molecule is CCOc1ccc(C(=O)c2ccccc2C(=O)OCc2c(C)noc2C)cc1OCC. The fourth-order valence-corrected chi connectivity index (χ4v) is 3.13. The number of aryl methyl sites for hydroxylation is 2. The first-order valence-electron chi connectivity index (χ1n) is 10.1. The van der Waals surface area contributed by atoms with Crippen molar-refractivity contribution in [1.82, 2.24) is 5.16 Å². The number of aromatic nitrogens is 1. The van der Waals surface area contributed by atoms with Crippen LogP contribution in [0.3, 0.4) is 0 Å². The van der Waals surface area contributed by atoms with Crippen LogP contribution in [0.15, 0.2) is 47.0 Å². The van der Waals surface area contributed by atoms with Gasteiger partial charge >= 0.3 is 5.97 Å². The number of esters is 1. The summed E-state index contributed by atoms with van der Waals surface area (Å²) in [6.07, 6.45) is 0. The Morgan fingerprint density at radius 1 is 0.935 bits per heavy atom. The quantitative estimate of drug-likeness (QED) is 0.365. The van der Waals surface area contributed by atoms with Gasteiger partial charge in [0.25, 0.3) is 0 Å². The van der Waals surface area contributed by atoms with Gasteiger partial charge in [-0.15, -0.1) is 0 Å². The molecule has 0 radical (unpaired) electrons. The Labute approximate surface area is 180 Å². The first-order valence-corrected chi connectivity index (χ1v) is 10.1. The lowest BCUT2D eigenvalue weighted by molar-refractivity contribution is 0.0468. The van der Waals surface area contributed by atoms with E-state index in [1.807, 2.05) is 13.8 Å². The summed E-state index contributed by atoms with van der Waals surface area (Å²) in [4.78, 5) is 26.0. The first-order chi connectivity index (χ1) is 15.0. The molecule has 0 bridgehead atoms. The molecule has 0 saturated heterocycles. The Bertz CT molecular complexity index is 1070. The molecular weight excluding hydrogens is 398 g/mol. The molecular formula is C24H25NO6. The lowest BCUT2D eigenvalue weighted by atomic mass is 9.98. The van der Waals surface area contributed by atoms with Gasteiger partial charge in [0, 0.05) is 11.1 Å². The van der Waals surface area contributed by atoms with Gasteiger partial charge in [-0.1, -0.05) is 23.4 Å². The summed E-state index contributed by atoms with van der Waals surface area (Å²) in [5, 5.41) is 3.85. The predicted octanol–water partition coefficient (Wildman–Crippen LogP) is 4.68. The highest BCUT2D eigenvalue weighted by atomic mass is 16.5. The third-order valence-corrected chi connectivity index (χ3v) is 4.73. The highest BCUT2D eigenvalue weighted by Gasteiger charge is 2.21. The van der Waals surface area contributed by atoms with Crippen molar-refractivity contribution in [1.29, 1.82) is 0 Å². The minimum absolute atomic E-state index is 0.0140. The molecule has 162 valence electrons. The lowest BCUT2D eigenvalue weighted by Crippen LogP contribution is -2.13. The fourth-order valence-electron chi connectivity index (χ4n) is 3.13. The van der Waals surface area contributed by atoms with Gasteiger partial charge in [-0.2, -0.15) is 0 Å². The fraction of sp³-hybridized carbons (Fsp3) is 0.292. The van der Waals surface area contributed by atoms with Gasteiger partial charge in [0.1, 0.15) is 12.4 Å². The minimum Gasteiger partial charge on any atom is -0.490 e. The van der Waals surface area contributed by atoms with E-state index in [0.717, 1.165) is 0 Å². The monoisotopic (exact) mass is 423 g/mol. The van der Waals surface area contributed by atoms with Crippen molar-refractivity contribution < 1.29 is 28.3 Å². The molecule has 7 nitrogen and oxygen atoms in total. The summed E-state index contributed by atoms with van der Waals surface area (Å²) in [5.74, 6) is 0.725. The normalized spacial score (nSPS) is 10.6. The minimum atomic E-state index is -0.597. The standard InChI is InChI=1S/C24H25NO6/c1-5-28-21-12-11-17(13-22(21)29-6-2)23(26)18-9-7-8-10-19(18)24(27)30-14-20-15(3)25-31-16(20)4/h7-13H,5-6,14H2,1-4H3. The van der Waals surface area contributed by atoms with Crippen LogP contribution in [0.2, 0.25) is 0 Å². The molecule has 1 heterocycles. The van der Waals surface area contributed by atoms with Crippen LogP contribution < -0.4 is 9.47 Å². The van der Waals surface area contributed by atoms with E-state index in [-0.39, 0.29) is 23.5 Å². The number of hydrogen-bond donors (Lipinski definition) is 0. The zero-order valence-corrected chi connectivity index (χ0v) is 18.1. The van der Waals surface area contributed by atoms with Gasteiger partial charge in [0.05, 0.1) is 30.0 Å². The summed E-state index contributed by atoms with van der Waals surface area (Å²) in [5.41, 5.74) is 2.19. The molecule has 2 aromatic carbocycles. The zero-order chi connectivity index (χ0) is 22.4. The maximum Gasteiger partial charge on any atom is 0.339 e. The molecule has 1 aromatic heterocycles. The van der Waals surface area contributed by atoms with Gasteiger partial charge < -0.3 is 18.7 Å². The van der Waals surface area contributed by atoms with E-state index in [2.05, 4.69) is 5.16 Å². The number of ketones is 1. The molecule has 0 N–H and O–H groups in total. The average molecular weight is 423 g/mol. The number of carbonyl (C=O) groups is 2. The van der Waals surface area contributed by atoms with Crippen LogP contribution in [-0.2, 0) is 11.3 Å². The van der Waals surface area contributed by atoms with Crippen LogP contribution in [0.1, 0.15) is 57.1 Å². The van der Waals surface area contributed by atoms with Crippen molar-refractivity contribution in [3.63, 3.8) is 0 Å². The summed E-state index contributed by atoms with van der Waals surface area (Å²) < 4.78 is 21.7. The largest absolute Gasteiger partial charge is 0.490 e. The second-order valence-electron chi connectivity index (χ2n) is 6.78. The average Bonchev–Trinajstić information content (AvgIpc) is 3.10. The Kier molecular flexibility index (Phi) is 7.07. The van der Waals surface area contributed by atoms with Crippen LogP contribution in [0.25, 0.3) is 0 Å². The number of carbonyl (C=O) groups excluding carboxylic acids is 2. The Morgan fingerprint density at radius 3 is 2.26 bits per heavy atom. The maximum atomic E-state index is 13.2. The van der Waals surface area contributed by atoms with E-state index in [1.54, 1.807) is 56.3 Å². The van der Waals surface area contributed by atoms with Crippen LogP contribution in [0, 0.1) is 13.8 Å². The summed E-state index contributed by atoms with van der Waals surface area (Å²) in [7, 11) is 0. The molecule has 3 rings (SSSR count). The topological polar surface area (TPSA) is 87.9 Å². The van der Waals surface area contributed by atoms with Crippen molar-refractivity contribution in [2.75, 3.05) is 13.2 Å². The van der Waals surface area contributed by atoms with E-state index >= 15 is 0 Å². The van der Waals surface area contributed by atoms with Crippen LogP contribution in [-0.4, -0.2) is 30.1 Å². The van der Waals surface area contributed by atoms with Gasteiger partial charge in [-0.05, 0) is 52.0 Å². The molecule has 0 aliphatic rings. The van der Waals surface area contributed by atoms with Crippen molar-refractivity contribution >= 4 is 11.8 Å². The Balaban J connectivity index is 1.86. The number of rotatable bonds is 9. The molecule has 0 fully saturated rings. The number of nitrogens with zero attached hydrogens (tertiary/aromatic N) is 1. The van der Waals surface area contributed by atoms with Gasteiger partial charge in [-0.25, -0.2) is 4.79 Å². The molecule has 31 heavy (non-hydrogen) atoms. The van der Waals surface area contributed by atoms with Crippen molar-refractivity contribution in [2.24, 2.45) is 0 Å². The van der Waals surface area contributed by atoms with Crippen LogP contribution in [0.4, 0.5) is 0 Å². The molecule has 0 spiro atoms. The van der Waals surface area contributed by atoms with Gasteiger partial charge in [-0.3, -0.25) is 4.79 Å². The molecule has 0 aliphatic heterocycles. The summed E-state index contributed by atoms with van der Waals surface area (Å²) >= 11 is 0. The third kappa shape index (κ3) is 4.94. The molecule has 0 unspecified atom stereocenters. The highest BCUT2D eigenvalue weighted by molar-refractivity contribution is 6.14. The Hall–Kier alpha value is -3.61. The van der Waals surface area contributed by atoms with E-state index in [1.165, 1.54) is 0 Å². The van der Waals surface area contributed by atoms with Crippen molar-refractivity contribution in [3.05, 3.63) is 76.2 Å². The van der Waals surface area contributed by atoms with E-state index in [4.69, 9.17) is 18.7 Å². The molecule has 0 aliphatic carbocycles. The molecule has 0 atom stereocenters. The predicted molar refractivity (Wildman–Crippen MR) is 114 cm³/mol. The zero-order valence-electron chi connectivity index (χ0n) is 18.1. The molecule has 0 saturated carbocycles. The first kappa shape index (κ1) is 22.1. The second kappa shape index (κ2) is 9.93. The highest BCUT2D eigenvalue weighted by Crippen LogP contribution is 2.30. The number of benzene rings is 2. The van der Waals surface area contributed by atoms with E-state index in [9.17, 15) is 9.59 Å². The lowest BCUT2D eigenvalue weighted by Gasteiger charge is -2.13. The smallest absolute Gasteiger partial charge is 0.339 e. The van der Waals surface area contributed by atoms with E-state index < -0.39 is 5.97 Å². The number of ether oxygens (including phenoxy) is 3. The number of hydrogen-bond acceptors (Lipinski definition) is 7. The van der Waals surface area contributed by atoms with Gasteiger partial charge in [0.15, 0.2) is 17.3 Å². The van der Waals surface area contributed by atoms with Gasteiger partial charge in [0.2, 0.25) is 0 Å². The van der Waals surface area contributed by atoms with E-state index in [0.29, 0.717) is 47.3 Å². The maximum absolute atomic E-state index is 13.2. The molecule has 3 aromatic rings. The van der Waals surface area contributed by atoms with Crippen LogP contribution in [0.5, 0.6) is 11.5 Å². The van der Waals surface area contributed by atoms with Crippen molar-refractivity contribution in [3.8, 4) is 11.5 Å².